The summed E-state index contributed by atoms with van der Waals surface area (Å²) in [6, 6.07) is 19.7. The van der Waals surface area contributed by atoms with Crippen LogP contribution in [0.1, 0.15) is 16.7 Å². The van der Waals surface area contributed by atoms with Crippen molar-refractivity contribution in [3.05, 3.63) is 83.8 Å². The molecule has 0 amide bonds. The van der Waals surface area contributed by atoms with Crippen LogP contribution in [0, 0.1) is 0 Å². The second-order valence-corrected chi connectivity index (χ2v) is 14.5. The SMILES string of the molecule is COCC1(c2cccc(-c3ncnc4c3ccn4COCCS3(C)CC3)c2)Cc2ccccc2C1. The molecule has 0 unspecified atom stereocenters. The zero-order chi connectivity index (χ0) is 23.9. The molecule has 0 atom stereocenters. The Labute approximate surface area is 208 Å². The first-order valence-electron chi connectivity index (χ1n) is 12.3. The molecule has 0 N–H and O–H groups in total. The Morgan fingerprint density at radius 3 is 2.54 bits per heavy atom. The minimum Gasteiger partial charge on any atom is -0.384 e. The van der Waals surface area contributed by atoms with Gasteiger partial charge in [0.05, 0.1) is 18.9 Å². The van der Waals surface area contributed by atoms with Gasteiger partial charge in [-0.05, 0) is 59.4 Å². The molecule has 0 saturated carbocycles. The predicted molar refractivity (Wildman–Crippen MR) is 144 cm³/mol. The van der Waals surface area contributed by atoms with E-state index in [1.165, 1.54) is 33.9 Å². The lowest BCUT2D eigenvalue weighted by atomic mass is 9.77. The van der Waals surface area contributed by atoms with Crippen LogP contribution in [0.2, 0.25) is 0 Å². The first kappa shape index (κ1) is 22.8. The third kappa shape index (κ3) is 4.39. The fourth-order valence-electron chi connectivity index (χ4n) is 5.46. The van der Waals surface area contributed by atoms with Crippen molar-refractivity contribution >= 4 is 21.1 Å². The van der Waals surface area contributed by atoms with Gasteiger partial charge in [0, 0.05) is 35.4 Å². The van der Waals surface area contributed by atoms with E-state index in [1.54, 1.807) is 13.4 Å². The van der Waals surface area contributed by atoms with Crippen molar-refractivity contribution in [2.75, 3.05) is 43.8 Å². The first-order valence-corrected chi connectivity index (χ1v) is 14.9. The third-order valence-electron chi connectivity index (χ3n) is 7.75. The lowest BCUT2D eigenvalue weighted by Gasteiger charge is -2.29. The van der Waals surface area contributed by atoms with Crippen LogP contribution in [0.15, 0.2) is 67.1 Å². The van der Waals surface area contributed by atoms with Crippen LogP contribution < -0.4 is 0 Å². The van der Waals surface area contributed by atoms with E-state index in [4.69, 9.17) is 14.5 Å². The van der Waals surface area contributed by atoms with Gasteiger partial charge < -0.3 is 14.0 Å². The molecule has 1 aliphatic heterocycles. The zero-order valence-electron chi connectivity index (χ0n) is 20.6. The molecule has 1 fully saturated rings. The van der Waals surface area contributed by atoms with Gasteiger partial charge in [-0.25, -0.2) is 20.0 Å². The van der Waals surface area contributed by atoms with Gasteiger partial charge in [0.1, 0.15) is 18.7 Å². The van der Waals surface area contributed by atoms with Crippen molar-refractivity contribution < 1.29 is 9.47 Å². The number of ether oxygens (including phenoxy) is 2. The lowest BCUT2D eigenvalue weighted by molar-refractivity contribution is 0.0924. The summed E-state index contributed by atoms with van der Waals surface area (Å²) in [5.41, 5.74) is 7.10. The summed E-state index contributed by atoms with van der Waals surface area (Å²) >= 11 is 0. The summed E-state index contributed by atoms with van der Waals surface area (Å²) in [4.78, 5) is 9.30. The monoisotopic (exact) mass is 487 g/mol. The number of rotatable bonds is 9. The van der Waals surface area contributed by atoms with E-state index in [-0.39, 0.29) is 15.4 Å². The van der Waals surface area contributed by atoms with Gasteiger partial charge in [-0.15, -0.1) is 0 Å². The minimum absolute atomic E-state index is 0.0550. The fourth-order valence-corrected chi connectivity index (χ4v) is 7.53. The molecular formula is C29H33N3O2S. The van der Waals surface area contributed by atoms with Gasteiger partial charge in [0.15, 0.2) is 0 Å². The summed E-state index contributed by atoms with van der Waals surface area (Å²) in [5, 5.41) is 1.06. The van der Waals surface area contributed by atoms with Crippen molar-refractivity contribution in [2.45, 2.75) is 25.0 Å². The van der Waals surface area contributed by atoms with Gasteiger partial charge in [-0.3, -0.25) is 0 Å². The van der Waals surface area contributed by atoms with Crippen LogP contribution in [0.5, 0.6) is 0 Å². The molecule has 6 heteroatoms. The van der Waals surface area contributed by atoms with E-state index in [0.717, 1.165) is 41.7 Å². The number of methoxy groups -OCH3 is 1. The molecule has 2 aromatic carbocycles. The number of hydrogen-bond acceptors (Lipinski definition) is 4. The maximum absolute atomic E-state index is 6.01. The van der Waals surface area contributed by atoms with Crippen LogP contribution in [0.25, 0.3) is 22.3 Å². The number of aromatic nitrogens is 3. The van der Waals surface area contributed by atoms with Gasteiger partial charge in [-0.2, -0.15) is 0 Å². The summed E-state index contributed by atoms with van der Waals surface area (Å²) in [7, 11) is 1.50. The van der Waals surface area contributed by atoms with Gasteiger partial charge >= 0.3 is 0 Å². The highest BCUT2D eigenvalue weighted by molar-refractivity contribution is 8.38. The number of fused-ring (bicyclic) bond motifs is 2. The van der Waals surface area contributed by atoms with E-state index in [2.05, 4.69) is 76.6 Å². The highest BCUT2D eigenvalue weighted by atomic mass is 32.3. The van der Waals surface area contributed by atoms with Crippen LogP contribution in [0.3, 0.4) is 0 Å². The van der Waals surface area contributed by atoms with E-state index in [9.17, 15) is 0 Å². The van der Waals surface area contributed by atoms with Crippen molar-refractivity contribution in [2.24, 2.45) is 0 Å². The minimum atomic E-state index is -0.307. The maximum atomic E-state index is 6.01. The fraction of sp³-hybridized carbons (Fsp3) is 0.379. The first-order chi connectivity index (χ1) is 17.1. The average Bonchev–Trinajstić information content (AvgIpc) is 3.30. The Kier molecular flexibility index (Phi) is 5.91. The summed E-state index contributed by atoms with van der Waals surface area (Å²) in [6.45, 7) is 2.05. The molecule has 1 saturated heterocycles. The van der Waals surface area contributed by atoms with E-state index in [1.807, 2.05) is 0 Å². The molecular weight excluding hydrogens is 454 g/mol. The largest absolute Gasteiger partial charge is 0.384 e. The smallest absolute Gasteiger partial charge is 0.145 e. The molecule has 35 heavy (non-hydrogen) atoms. The van der Waals surface area contributed by atoms with E-state index >= 15 is 0 Å². The number of hydrogen-bond donors (Lipinski definition) is 0. The average molecular weight is 488 g/mol. The van der Waals surface area contributed by atoms with Crippen LogP contribution in [-0.2, 0) is 34.5 Å². The summed E-state index contributed by atoms with van der Waals surface area (Å²) < 4.78 is 13.9. The number of nitrogens with zero attached hydrogens (tertiary/aromatic N) is 3. The highest BCUT2D eigenvalue weighted by Crippen LogP contribution is 2.57. The quantitative estimate of drug-likeness (QED) is 0.240. The molecule has 0 spiro atoms. The molecule has 4 aromatic rings. The predicted octanol–water partition coefficient (Wildman–Crippen LogP) is 5.20. The molecule has 3 heterocycles. The Balaban J connectivity index is 1.28. The standard InChI is InChI=1S/C29H33N3O2S/c1-33-19-29(17-23-6-3-4-7-24(23)18-29)25-9-5-8-22(16-25)27-26-10-11-32(28(26)31-20-30-27)21-34-12-13-35(2)14-15-35/h3-11,16,20H,12-15,17-19,21H2,1-2H3. The molecule has 6 rings (SSSR count). The highest BCUT2D eigenvalue weighted by Gasteiger charge is 2.39. The lowest BCUT2D eigenvalue weighted by Crippen LogP contribution is -2.32. The van der Waals surface area contributed by atoms with Crippen molar-refractivity contribution in [1.82, 2.24) is 14.5 Å². The molecule has 182 valence electrons. The second-order valence-electron chi connectivity index (χ2n) is 10.3. The number of benzene rings is 2. The third-order valence-corrected chi connectivity index (χ3v) is 10.7. The van der Waals surface area contributed by atoms with Crippen LogP contribution in [0.4, 0.5) is 0 Å². The van der Waals surface area contributed by atoms with Crippen molar-refractivity contribution in [3.63, 3.8) is 0 Å². The Hall–Kier alpha value is -2.67. The topological polar surface area (TPSA) is 49.2 Å². The second kappa shape index (κ2) is 9.08. The molecule has 5 nitrogen and oxygen atoms in total. The van der Waals surface area contributed by atoms with E-state index < -0.39 is 0 Å². The van der Waals surface area contributed by atoms with Gasteiger partial charge in [-0.1, -0.05) is 42.5 Å². The Morgan fingerprint density at radius 2 is 1.80 bits per heavy atom. The van der Waals surface area contributed by atoms with E-state index in [0.29, 0.717) is 13.3 Å². The molecule has 0 radical (unpaired) electrons. The Bertz CT molecular complexity index is 1340. The van der Waals surface area contributed by atoms with Crippen molar-refractivity contribution in [3.8, 4) is 11.3 Å². The zero-order valence-corrected chi connectivity index (χ0v) is 21.4. The summed E-state index contributed by atoms with van der Waals surface area (Å²) in [5.74, 6) is 4.04. The molecule has 1 aliphatic carbocycles. The normalized spacial score (nSPS) is 18.5. The van der Waals surface area contributed by atoms with Crippen LogP contribution in [-0.4, -0.2) is 58.4 Å². The maximum Gasteiger partial charge on any atom is 0.145 e. The van der Waals surface area contributed by atoms with Crippen LogP contribution >= 0.6 is 10.0 Å². The van der Waals surface area contributed by atoms with Gasteiger partial charge in [0.25, 0.3) is 0 Å². The van der Waals surface area contributed by atoms with Gasteiger partial charge in [0.2, 0.25) is 0 Å². The molecule has 0 bridgehead atoms. The van der Waals surface area contributed by atoms with Crippen molar-refractivity contribution in [1.29, 1.82) is 0 Å². The Morgan fingerprint density at radius 1 is 1.00 bits per heavy atom. The molecule has 2 aliphatic rings. The molecule has 2 aromatic heterocycles. The summed E-state index contributed by atoms with van der Waals surface area (Å²) in [6.07, 6.45) is 8.16.